The van der Waals surface area contributed by atoms with Gasteiger partial charge in [0.05, 0.1) is 0 Å². The molecular weight excluding hydrogens is 244 g/mol. The van der Waals surface area contributed by atoms with Crippen LogP contribution in [-0.4, -0.2) is 52.6 Å². The number of carboxylic acids is 1. The maximum atomic E-state index is 12.5. The van der Waals surface area contributed by atoms with Crippen molar-refractivity contribution in [2.24, 2.45) is 11.8 Å². The first-order valence-electron chi connectivity index (χ1n) is 7.15. The molecule has 0 aromatic carbocycles. The molecule has 2 amide bonds. The molecule has 0 saturated carbocycles. The molecule has 0 spiro atoms. The van der Waals surface area contributed by atoms with E-state index >= 15 is 0 Å². The van der Waals surface area contributed by atoms with Crippen molar-refractivity contribution in [3.05, 3.63) is 0 Å². The molecule has 1 rings (SSSR count). The Morgan fingerprint density at radius 3 is 2.53 bits per heavy atom. The highest BCUT2D eigenvalue weighted by Gasteiger charge is 2.36. The molecule has 1 N–H and O–H groups in total. The first-order valence-corrected chi connectivity index (χ1v) is 7.15. The maximum Gasteiger partial charge on any atom is 0.326 e. The van der Waals surface area contributed by atoms with Crippen LogP contribution in [0.3, 0.4) is 0 Å². The molecule has 5 nitrogen and oxygen atoms in total. The van der Waals surface area contributed by atoms with E-state index in [1.54, 1.807) is 4.90 Å². The van der Waals surface area contributed by atoms with Crippen molar-refractivity contribution in [2.45, 2.75) is 46.6 Å². The van der Waals surface area contributed by atoms with Gasteiger partial charge in [-0.1, -0.05) is 20.8 Å². The van der Waals surface area contributed by atoms with Crippen molar-refractivity contribution >= 4 is 12.0 Å². The van der Waals surface area contributed by atoms with Gasteiger partial charge in [-0.25, -0.2) is 9.59 Å². The van der Waals surface area contributed by atoms with Crippen LogP contribution in [0, 0.1) is 11.8 Å². The van der Waals surface area contributed by atoms with Crippen LogP contribution >= 0.6 is 0 Å². The Kier molecular flexibility index (Phi) is 5.63. The van der Waals surface area contributed by atoms with E-state index in [2.05, 4.69) is 13.8 Å². The highest BCUT2D eigenvalue weighted by atomic mass is 16.4. The highest BCUT2D eigenvalue weighted by Crippen LogP contribution is 2.24. The number of likely N-dealkylation sites (tertiary alicyclic amines) is 1. The average molecular weight is 270 g/mol. The zero-order valence-electron chi connectivity index (χ0n) is 12.4. The molecule has 1 aliphatic heterocycles. The number of urea groups is 1. The number of aliphatic carboxylic acids is 1. The van der Waals surface area contributed by atoms with Gasteiger partial charge in [0.1, 0.15) is 6.04 Å². The minimum atomic E-state index is -0.888. The van der Waals surface area contributed by atoms with Crippen LogP contribution in [0.1, 0.15) is 40.5 Å². The minimum Gasteiger partial charge on any atom is -0.480 e. The Labute approximate surface area is 115 Å². The van der Waals surface area contributed by atoms with Crippen molar-refractivity contribution in [2.75, 3.05) is 19.6 Å². The number of carboxylic acid groups (broad SMARTS) is 1. The number of amides is 2. The second kappa shape index (κ2) is 6.78. The fraction of sp³-hybridized carbons (Fsp3) is 0.857. The van der Waals surface area contributed by atoms with Gasteiger partial charge < -0.3 is 14.9 Å². The molecule has 0 aliphatic carbocycles. The monoisotopic (exact) mass is 270 g/mol. The highest BCUT2D eigenvalue weighted by molar-refractivity contribution is 5.83. The van der Waals surface area contributed by atoms with Crippen molar-refractivity contribution in [1.29, 1.82) is 0 Å². The molecule has 0 radical (unpaired) electrons. The Morgan fingerprint density at radius 1 is 1.42 bits per heavy atom. The molecule has 0 aromatic rings. The van der Waals surface area contributed by atoms with Crippen LogP contribution in [0.25, 0.3) is 0 Å². The SMILES string of the molecule is CCN(CC(C)C)C(=O)N1CCC(C)CC1C(=O)O. The quantitative estimate of drug-likeness (QED) is 0.852. The number of carbonyl (C=O) groups is 2. The lowest BCUT2D eigenvalue weighted by Gasteiger charge is -2.39. The molecular formula is C14H26N2O3. The number of piperidine rings is 1. The minimum absolute atomic E-state index is 0.129. The van der Waals surface area contributed by atoms with Gasteiger partial charge in [-0.05, 0) is 31.6 Å². The molecule has 5 heteroatoms. The summed E-state index contributed by atoms with van der Waals surface area (Å²) in [5.74, 6) is -0.137. The lowest BCUT2D eigenvalue weighted by atomic mass is 9.92. The third-order valence-corrected chi connectivity index (χ3v) is 3.63. The summed E-state index contributed by atoms with van der Waals surface area (Å²) >= 11 is 0. The van der Waals surface area contributed by atoms with Crippen LogP contribution in [0.4, 0.5) is 4.79 Å². The van der Waals surface area contributed by atoms with Crippen LogP contribution in [0.5, 0.6) is 0 Å². The Hall–Kier alpha value is -1.26. The number of hydrogen-bond donors (Lipinski definition) is 1. The lowest BCUT2D eigenvalue weighted by Crippen LogP contribution is -2.54. The van der Waals surface area contributed by atoms with Crippen LogP contribution in [0.2, 0.25) is 0 Å². The number of carbonyl (C=O) groups excluding carboxylic acids is 1. The summed E-state index contributed by atoms with van der Waals surface area (Å²) in [7, 11) is 0. The predicted octanol–water partition coefficient (Wildman–Crippen LogP) is 2.27. The summed E-state index contributed by atoms with van der Waals surface area (Å²) in [6, 6.07) is -0.798. The maximum absolute atomic E-state index is 12.5. The molecule has 1 fully saturated rings. The van der Waals surface area contributed by atoms with Gasteiger partial charge in [0, 0.05) is 19.6 Å². The molecule has 110 valence electrons. The van der Waals surface area contributed by atoms with Crippen LogP contribution in [0.15, 0.2) is 0 Å². The third kappa shape index (κ3) is 4.11. The second-order valence-electron chi connectivity index (χ2n) is 5.89. The van der Waals surface area contributed by atoms with E-state index in [0.717, 1.165) is 6.42 Å². The van der Waals surface area contributed by atoms with Crippen molar-refractivity contribution in [1.82, 2.24) is 9.80 Å². The van der Waals surface area contributed by atoms with Gasteiger partial charge in [0.15, 0.2) is 0 Å². The van der Waals surface area contributed by atoms with Crippen molar-refractivity contribution in [3.8, 4) is 0 Å². The van der Waals surface area contributed by atoms with E-state index in [4.69, 9.17) is 0 Å². The van der Waals surface area contributed by atoms with Gasteiger partial charge in [-0.15, -0.1) is 0 Å². The summed E-state index contributed by atoms with van der Waals surface area (Å²) in [6.07, 6.45) is 1.44. The van der Waals surface area contributed by atoms with Gasteiger partial charge >= 0.3 is 12.0 Å². The van der Waals surface area contributed by atoms with E-state index in [1.165, 1.54) is 4.90 Å². The van der Waals surface area contributed by atoms with E-state index < -0.39 is 12.0 Å². The Morgan fingerprint density at radius 2 is 2.05 bits per heavy atom. The summed E-state index contributed by atoms with van der Waals surface area (Å²) in [5, 5.41) is 9.30. The first-order chi connectivity index (χ1) is 8.86. The summed E-state index contributed by atoms with van der Waals surface area (Å²) in [6.45, 7) is 9.94. The summed E-state index contributed by atoms with van der Waals surface area (Å²) in [5.41, 5.74) is 0. The topological polar surface area (TPSA) is 60.9 Å². The summed E-state index contributed by atoms with van der Waals surface area (Å²) < 4.78 is 0. The first kappa shape index (κ1) is 15.8. The normalized spacial score (nSPS) is 23.5. The largest absolute Gasteiger partial charge is 0.480 e. The van der Waals surface area contributed by atoms with Gasteiger partial charge in [0.2, 0.25) is 0 Å². The molecule has 0 bridgehead atoms. The fourth-order valence-corrected chi connectivity index (χ4v) is 2.57. The van der Waals surface area contributed by atoms with Crippen molar-refractivity contribution in [3.63, 3.8) is 0 Å². The van der Waals surface area contributed by atoms with E-state index in [-0.39, 0.29) is 6.03 Å². The van der Waals surface area contributed by atoms with Gasteiger partial charge in [-0.3, -0.25) is 0 Å². The molecule has 2 unspecified atom stereocenters. The third-order valence-electron chi connectivity index (χ3n) is 3.63. The number of rotatable bonds is 4. The van der Waals surface area contributed by atoms with Crippen LogP contribution in [-0.2, 0) is 4.79 Å². The van der Waals surface area contributed by atoms with Gasteiger partial charge in [0.25, 0.3) is 0 Å². The fourth-order valence-electron chi connectivity index (χ4n) is 2.57. The molecule has 1 heterocycles. The standard InChI is InChI=1S/C14H26N2O3/c1-5-15(9-10(2)3)14(19)16-7-6-11(4)8-12(16)13(17)18/h10-12H,5-9H2,1-4H3,(H,17,18). The zero-order valence-corrected chi connectivity index (χ0v) is 12.4. The van der Waals surface area contributed by atoms with Gasteiger partial charge in [-0.2, -0.15) is 0 Å². The molecule has 1 saturated heterocycles. The Bertz CT molecular complexity index is 331. The van der Waals surface area contributed by atoms with E-state index in [0.29, 0.717) is 37.9 Å². The Balaban J connectivity index is 2.79. The summed E-state index contributed by atoms with van der Waals surface area (Å²) in [4.78, 5) is 27.1. The molecule has 1 aliphatic rings. The molecule has 19 heavy (non-hydrogen) atoms. The van der Waals surface area contributed by atoms with Crippen molar-refractivity contribution < 1.29 is 14.7 Å². The number of hydrogen-bond acceptors (Lipinski definition) is 2. The molecule has 0 aromatic heterocycles. The van der Waals surface area contributed by atoms with E-state index in [9.17, 15) is 14.7 Å². The van der Waals surface area contributed by atoms with E-state index in [1.807, 2.05) is 13.8 Å². The average Bonchev–Trinajstić information content (AvgIpc) is 2.34. The molecule has 2 atom stereocenters. The predicted molar refractivity (Wildman–Crippen MR) is 74.0 cm³/mol. The second-order valence-corrected chi connectivity index (χ2v) is 5.89. The number of nitrogens with zero attached hydrogens (tertiary/aromatic N) is 2. The zero-order chi connectivity index (χ0) is 14.6. The van der Waals surface area contributed by atoms with Crippen LogP contribution < -0.4 is 0 Å². The lowest BCUT2D eigenvalue weighted by molar-refractivity contribution is -0.144. The smallest absolute Gasteiger partial charge is 0.326 e.